The summed E-state index contributed by atoms with van der Waals surface area (Å²) in [4.78, 5) is 11.6. The maximum Gasteiger partial charge on any atom is 0.336 e. The van der Waals surface area contributed by atoms with Crippen molar-refractivity contribution in [3.05, 3.63) is 36.0 Å². The number of benzene rings is 1. The lowest BCUT2D eigenvalue weighted by molar-refractivity contribution is -0.140. The van der Waals surface area contributed by atoms with Crippen LogP contribution in [0.2, 0.25) is 0 Å². The van der Waals surface area contributed by atoms with Gasteiger partial charge in [-0.1, -0.05) is 18.2 Å². The number of aromatic nitrogens is 1. The summed E-state index contributed by atoms with van der Waals surface area (Å²) < 4.78 is 22.0. The number of hydrogen-bond donors (Lipinski definition) is 3. The highest BCUT2D eigenvalue weighted by atomic mass is 32.2. The van der Waals surface area contributed by atoms with Crippen molar-refractivity contribution in [3.8, 4) is 0 Å². The molecule has 96 valence electrons. The molecule has 0 spiro atoms. The Morgan fingerprint density at radius 3 is 2.78 bits per heavy atom. The molecule has 2 rings (SSSR count). The van der Waals surface area contributed by atoms with Crippen LogP contribution in [0.3, 0.4) is 0 Å². The fourth-order valence-electron chi connectivity index (χ4n) is 1.77. The molecule has 1 aromatic heterocycles. The van der Waals surface area contributed by atoms with Crippen LogP contribution < -0.4 is 5.73 Å². The normalized spacial score (nSPS) is 16.3. The summed E-state index contributed by atoms with van der Waals surface area (Å²) in [6, 6.07) is 7.19. The lowest BCUT2D eigenvalue weighted by atomic mass is 10.1. The van der Waals surface area contributed by atoms with E-state index in [0.29, 0.717) is 5.56 Å². The van der Waals surface area contributed by atoms with Gasteiger partial charge in [-0.2, -0.15) is 0 Å². The molecular formula is C11H11N2O4S-. The summed E-state index contributed by atoms with van der Waals surface area (Å²) in [7, 11) is 0. The lowest BCUT2D eigenvalue weighted by Crippen LogP contribution is -2.53. The highest BCUT2D eigenvalue weighted by Gasteiger charge is 2.36. The van der Waals surface area contributed by atoms with Crippen LogP contribution in [0, 0.1) is 0 Å². The van der Waals surface area contributed by atoms with Crippen LogP contribution in [0.1, 0.15) is 5.56 Å². The molecule has 1 aromatic carbocycles. The standard InChI is InChI=1S/C11H12N2O4S/c12-11(10(14)15,18(16)17)5-7-6-13-9-4-2-1-3-8(7)9/h1-4,6,13H,5,12H2,(H,14,15)(H,16,17)/p-1/t11-/m1/s1. The van der Waals surface area contributed by atoms with Gasteiger partial charge in [0.1, 0.15) is 0 Å². The number of para-hydroxylation sites is 1. The number of carbonyl (C=O) groups is 1. The van der Waals surface area contributed by atoms with Gasteiger partial charge < -0.3 is 20.4 Å². The number of nitrogens with one attached hydrogen (secondary N) is 1. The van der Waals surface area contributed by atoms with Crippen LogP contribution in [0.25, 0.3) is 10.9 Å². The summed E-state index contributed by atoms with van der Waals surface area (Å²) in [6.45, 7) is 0. The quantitative estimate of drug-likeness (QED) is 0.689. The first kappa shape index (κ1) is 12.7. The number of carboxylic acid groups (broad SMARTS) is 1. The number of carboxylic acids is 1. The van der Waals surface area contributed by atoms with Gasteiger partial charge >= 0.3 is 5.97 Å². The molecule has 4 N–H and O–H groups in total. The van der Waals surface area contributed by atoms with Gasteiger partial charge in [0.15, 0.2) is 4.87 Å². The van der Waals surface area contributed by atoms with Crippen LogP contribution in [0.15, 0.2) is 30.5 Å². The Balaban J connectivity index is 2.44. The topological polar surface area (TPSA) is 119 Å². The van der Waals surface area contributed by atoms with E-state index in [4.69, 9.17) is 10.8 Å². The van der Waals surface area contributed by atoms with Gasteiger partial charge in [-0.3, -0.25) is 4.21 Å². The average molecular weight is 267 g/mol. The second-order valence-corrected chi connectivity index (χ2v) is 5.16. The van der Waals surface area contributed by atoms with Crippen molar-refractivity contribution in [2.45, 2.75) is 11.3 Å². The van der Waals surface area contributed by atoms with Gasteiger partial charge in [-0.15, -0.1) is 0 Å². The molecule has 1 heterocycles. The van der Waals surface area contributed by atoms with Crippen molar-refractivity contribution in [3.63, 3.8) is 0 Å². The molecule has 0 bridgehead atoms. The van der Waals surface area contributed by atoms with E-state index in [2.05, 4.69) is 4.98 Å². The Bertz CT molecular complexity index is 608. The molecule has 0 amide bonds. The van der Waals surface area contributed by atoms with E-state index in [1.54, 1.807) is 18.3 Å². The second kappa shape index (κ2) is 4.52. The third-order valence-corrected chi connectivity index (χ3v) is 3.70. The van der Waals surface area contributed by atoms with Gasteiger partial charge in [-0.25, -0.2) is 4.79 Å². The summed E-state index contributed by atoms with van der Waals surface area (Å²) in [5, 5.41) is 9.71. The van der Waals surface area contributed by atoms with Gasteiger partial charge in [0.2, 0.25) is 0 Å². The Morgan fingerprint density at radius 1 is 1.50 bits per heavy atom. The van der Waals surface area contributed by atoms with Crippen molar-refractivity contribution in [2.75, 3.05) is 0 Å². The first-order valence-corrected chi connectivity index (χ1v) is 6.19. The van der Waals surface area contributed by atoms with E-state index >= 15 is 0 Å². The predicted octanol–water partition coefficient (Wildman–Crippen LogP) is 0.329. The number of hydrogen-bond acceptors (Lipinski definition) is 4. The van der Waals surface area contributed by atoms with Crippen molar-refractivity contribution >= 4 is 28.0 Å². The van der Waals surface area contributed by atoms with Crippen molar-refractivity contribution in [2.24, 2.45) is 5.73 Å². The molecule has 2 aromatic rings. The number of H-pyrrole nitrogens is 1. The molecule has 0 aliphatic rings. The summed E-state index contributed by atoms with van der Waals surface area (Å²) in [5.74, 6) is -1.57. The Hall–Kier alpha value is -1.70. The highest BCUT2D eigenvalue weighted by Crippen LogP contribution is 2.23. The molecule has 0 radical (unpaired) electrons. The van der Waals surface area contributed by atoms with Crippen LogP contribution in [0.4, 0.5) is 0 Å². The van der Waals surface area contributed by atoms with Crippen molar-refractivity contribution in [1.29, 1.82) is 0 Å². The third kappa shape index (κ3) is 2.03. The maximum absolute atomic E-state index is 11.0. The molecule has 2 atom stereocenters. The lowest BCUT2D eigenvalue weighted by Gasteiger charge is -2.26. The van der Waals surface area contributed by atoms with E-state index in [0.717, 1.165) is 10.9 Å². The van der Waals surface area contributed by atoms with Crippen molar-refractivity contribution < 1.29 is 18.7 Å². The maximum atomic E-state index is 11.0. The van der Waals surface area contributed by atoms with Gasteiger partial charge in [-0.05, 0) is 22.7 Å². The minimum absolute atomic E-state index is 0.289. The van der Waals surface area contributed by atoms with E-state index < -0.39 is 21.9 Å². The third-order valence-electron chi connectivity index (χ3n) is 2.79. The molecular weight excluding hydrogens is 256 g/mol. The van der Waals surface area contributed by atoms with Crippen LogP contribution >= 0.6 is 0 Å². The number of aromatic amines is 1. The molecule has 0 fully saturated rings. The monoisotopic (exact) mass is 267 g/mol. The molecule has 0 saturated carbocycles. The Labute approximate surface area is 105 Å². The average Bonchev–Trinajstić information content (AvgIpc) is 2.72. The molecule has 7 heteroatoms. The van der Waals surface area contributed by atoms with E-state index in [-0.39, 0.29) is 6.42 Å². The second-order valence-electron chi connectivity index (χ2n) is 3.97. The summed E-state index contributed by atoms with van der Waals surface area (Å²) in [6.07, 6.45) is 1.28. The zero-order valence-corrected chi connectivity index (χ0v) is 10.1. The molecule has 0 aliphatic carbocycles. The fourth-order valence-corrected chi connectivity index (χ4v) is 2.18. The predicted molar refractivity (Wildman–Crippen MR) is 65.5 cm³/mol. The van der Waals surface area contributed by atoms with Crippen LogP contribution in [-0.2, 0) is 22.3 Å². The summed E-state index contributed by atoms with van der Waals surface area (Å²) >= 11 is -2.91. The molecule has 1 unspecified atom stereocenters. The Morgan fingerprint density at radius 2 is 2.17 bits per heavy atom. The zero-order chi connectivity index (χ0) is 13.3. The summed E-state index contributed by atoms with van der Waals surface area (Å²) in [5.41, 5.74) is 6.80. The number of rotatable bonds is 4. The SMILES string of the molecule is N[C@@](Cc1c[nH]c2ccccc12)(C(=O)O)S(=O)[O-]. The van der Waals surface area contributed by atoms with E-state index in [1.807, 2.05) is 12.1 Å². The zero-order valence-electron chi connectivity index (χ0n) is 9.25. The number of nitrogens with two attached hydrogens (primary N) is 1. The molecule has 6 nitrogen and oxygen atoms in total. The van der Waals surface area contributed by atoms with Crippen molar-refractivity contribution in [1.82, 2.24) is 4.98 Å². The van der Waals surface area contributed by atoms with E-state index in [9.17, 15) is 13.6 Å². The first-order valence-electron chi connectivity index (χ1n) is 5.12. The first-order chi connectivity index (χ1) is 8.45. The minimum Gasteiger partial charge on any atom is -0.770 e. The molecule has 0 aliphatic heterocycles. The van der Waals surface area contributed by atoms with Gasteiger partial charge in [0.25, 0.3) is 0 Å². The van der Waals surface area contributed by atoms with Gasteiger partial charge in [0, 0.05) is 23.5 Å². The van der Waals surface area contributed by atoms with Crippen LogP contribution in [-0.4, -0.2) is 29.7 Å². The van der Waals surface area contributed by atoms with Gasteiger partial charge in [0.05, 0.1) is 0 Å². The largest absolute Gasteiger partial charge is 0.770 e. The highest BCUT2D eigenvalue weighted by molar-refractivity contribution is 7.81. The smallest absolute Gasteiger partial charge is 0.336 e. The number of aliphatic carboxylic acids is 1. The molecule has 18 heavy (non-hydrogen) atoms. The Kier molecular flexibility index (Phi) is 3.20. The number of fused-ring (bicyclic) bond motifs is 1. The van der Waals surface area contributed by atoms with Crippen LogP contribution in [0.5, 0.6) is 0 Å². The fraction of sp³-hybridized carbons (Fsp3) is 0.182. The molecule has 0 saturated heterocycles. The van der Waals surface area contributed by atoms with E-state index in [1.165, 1.54) is 0 Å². The minimum atomic E-state index is -2.91.